The van der Waals surface area contributed by atoms with E-state index in [-0.39, 0.29) is 0 Å². The second kappa shape index (κ2) is 6.38. The maximum absolute atomic E-state index is 3.71. The van der Waals surface area contributed by atoms with Crippen LogP contribution in [0, 0.1) is 5.41 Å². The van der Waals surface area contributed by atoms with Crippen LogP contribution in [-0.2, 0) is 0 Å². The summed E-state index contributed by atoms with van der Waals surface area (Å²) in [7, 11) is 0. The lowest BCUT2D eigenvalue weighted by atomic mass is 9.91. The van der Waals surface area contributed by atoms with Crippen molar-refractivity contribution in [2.24, 2.45) is 5.41 Å². The van der Waals surface area contributed by atoms with Gasteiger partial charge in [-0.25, -0.2) is 0 Å². The highest BCUT2D eigenvalue weighted by Crippen LogP contribution is 2.39. The third kappa shape index (κ3) is 3.96. The first-order valence-electron chi connectivity index (χ1n) is 8.08. The van der Waals surface area contributed by atoms with Gasteiger partial charge in [-0.3, -0.25) is 4.90 Å². The summed E-state index contributed by atoms with van der Waals surface area (Å²) in [5.41, 5.74) is 0.580. The molecule has 0 aromatic rings. The zero-order chi connectivity index (χ0) is 13.0. The molecule has 18 heavy (non-hydrogen) atoms. The van der Waals surface area contributed by atoms with Gasteiger partial charge in [-0.1, -0.05) is 27.2 Å². The van der Waals surface area contributed by atoms with Crippen molar-refractivity contribution in [2.45, 2.75) is 77.8 Å². The SMILES string of the molecule is CCCN(CC1CCCCN1)C1CCC(C)(C)C1. The molecule has 2 heteroatoms. The lowest BCUT2D eigenvalue weighted by Crippen LogP contribution is -2.47. The van der Waals surface area contributed by atoms with E-state index < -0.39 is 0 Å². The second-order valence-electron chi connectivity index (χ2n) is 7.20. The third-order valence-corrected chi connectivity index (χ3v) is 4.84. The van der Waals surface area contributed by atoms with Gasteiger partial charge >= 0.3 is 0 Å². The van der Waals surface area contributed by atoms with Crippen molar-refractivity contribution in [2.75, 3.05) is 19.6 Å². The Hall–Kier alpha value is -0.0800. The molecule has 1 aliphatic carbocycles. The summed E-state index contributed by atoms with van der Waals surface area (Å²) >= 11 is 0. The highest BCUT2D eigenvalue weighted by atomic mass is 15.2. The van der Waals surface area contributed by atoms with Crippen LogP contribution in [0.15, 0.2) is 0 Å². The van der Waals surface area contributed by atoms with Crippen molar-refractivity contribution in [3.63, 3.8) is 0 Å². The quantitative estimate of drug-likeness (QED) is 0.806. The summed E-state index contributed by atoms with van der Waals surface area (Å²) in [5.74, 6) is 0. The Bertz CT molecular complexity index is 243. The summed E-state index contributed by atoms with van der Waals surface area (Å²) in [6, 6.07) is 1.61. The fourth-order valence-corrected chi connectivity index (χ4v) is 3.78. The molecule has 2 nitrogen and oxygen atoms in total. The van der Waals surface area contributed by atoms with Crippen molar-refractivity contribution >= 4 is 0 Å². The van der Waals surface area contributed by atoms with Crippen LogP contribution in [0.25, 0.3) is 0 Å². The molecule has 1 N–H and O–H groups in total. The zero-order valence-corrected chi connectivity index (χ0v) is 12.7. The smallest absolute Gasteiger partial charge is 0.0195 e. The van der Waals surface area contributed by atoms with Crippen molar-refractivity contribution in [3.05, 3.63) is 0 Å². The van der Waals surface area contributed by atoms with Crippen LogP contribution in [0.4, 0.5) is 0 Å². The van der Waals surface area contributed by atoms with E-state index in [2.05, 4.69) is 31.0 Å². The Labute approximate surface area is 114 Å². The van der Waals surface area contributed by atoms with E-state index in [1.54, 1.807) is 0 Å². The summed E-state index contributed by atoms with van der Waals surface area (Å²) in [4.78, 5) is 2.79. The minimum atomic E-state index is 0.580. The molecule has 2 rings (SSSR count). The van der Waals surface area contributed by atoms with Crippen molar-refractivity contribution in [3.8, 4) is 0 Å². The van der Waals surface area contributed by atoms with Crippen LogP contribution in [0.2, 0.25) is 0 Å². The van der Waals surface area contributed by atoms with Crippen LogP contribution < -0.4 is 5.32 Å². The number of rotatable bonds is 5. The summed E-state index contributed by atoms with van der Waals surface area (Å²) < 4.78 is 0. The first-order chi connectivity index (χ1) is 8.61. The standard InChI is InChI=1S/C16H32N2/c1-4-11-18(13-14-7-5-6-10-17-14)15-8-9-16(2,3)12-15/h14-15,17H,4-13H2,1-3H3. The average molecular weight is 252 g/mol. The molecule has 0 spiro atoms. The summed E-state index contributed by atoms with van der Waals surface area (Å²) in [6.45, 7) is 11.0. The molecule has 0 aromatic heterocycles. The molecule has 2 aliphatic rings. The molecule has 1 saturated heterocycles. The van der Waals surface area contributed by atoms with Crippen LogP contribution in [0.5, 0.6) is 0 Å². The number of nitrogens with zero attached hydrogens (tertiary/aromatic N) is 1. The van der Waals surface area contributed by atoms with E-state index >= 15 is 0 Å². The molecule has 106 valence electrons. The average Bonchev–Trinajstić information content (AvgIpc) is 2.70. The van der Waals surface area contributed by atoms with Crippen LogP contribution >= 0.6 is 0 Å². The normalized spacial score (nSPS) is 32.0. The fourth-order valence-electron chi connectivity index (χ4n) is 3.78. The molecule has 1 heterocycles. The van der Waals surface area contributed by atoms with Crippen molar-refractivity contribution < 1.29 is 0 Å². The number of hydrogen-bond donors (Lipinski definition) is 1. The molecule has 1 saturated carbocycles. The Kier molecular flexibility index (Phi) is 5.08. The monoisotopic (exact) mass is 252 g/mol. The van der Waals surface area contributed by atoms with E-state index in [9.17, 15) is 0 Å². The van der Waals surface area contributed by atoms with Crippen molar-refractivity contribution in [1.82, 2.24) is 10.2 Å². The molecule has 0 radical (unpaired) electrons. The molecular weight excluding hydrogens is 220 g/mol. The lowest BCUT2D eigenvalue weighted by Gasteiger charge is -2.35. The predicted octanol–water partition coefficient (Wildman–Crippen LogP) is 3.42. The second-order valence-corrected chi connectivity index (χ2v) is 7.20. The van der Waals surface area contributed by atoms with Gasteiger partial charge in [0, 0.05) is 18.6 Å². The number of nitrogens with one attached hydrogen (secondary N) is 1. The van der Waals surface area contributed by atoms with Gasteiger partial charge < -0.3 is 5.32 Å². The zero-order valence-electron chi connectivity index (χ0n) is 12.7. The molecule has 2 unspecified atom stereocenters. The Balaban J connectivity index is 1.87. The minimum absolute atomic E-state index is 0.580. The van der Waals surface area contributed by atoms with Gasteiger partial charge in [0.05, 0.1) is 0 Å². The van der Waals surface area contributed by atoms with E-state index in [1.807, 2.05) is 0 Å². The summed E-state index contributed by atoms with van der Waals surface area (Å²) in [6.07, 6.45) is 9.71. The largest absolute Gasteiger partial charge is 0.313 e. The van der Waals surface area contributed by atoms with Gasteiger partial charge in [0.15, 0.2) is 0 Å². The maximum Gasteiger partial charge on any atom is 0.0195 e. The van der Waals surface area contributed by atoms with E-state index in [1.165, 1.54) is 64.6 Å². The molecule has 0 aromatic carbocycles. The number of piperidine rings is 1. The van der Waals surface area contributed by atoms with Gasteiger partial charge in [0.1, 0.15) is 0 Å². The molecule has 1 aliphatic heterocycles. The minimum Gasteiger partial charge on any atom is -0.313 e. The Morgan fingerprint density at radius 3 is 2.61 bits per heavy atom. The third-order valence-electron chi connectivity index (χ3n) is 4.84. The topological polar surface area (TPSA) is 15.3 Å². The van der Waals surface area contributed by atoms with E-state index in [4.69, 9.17) is 0 Å². The number of hydrogen-bond acceptors (Lipinski definition) is 2. The fraction of sp³-hybridized carbons (Fsp3) is 1.00. The van der Waals surface area contributed by atoms with Crippen molar-refractivity contribution in [1.29, 1.82) is 0 Å². The van der Waals surface area contributed by atoms with Gasteiger partial charge in [0.25, 0.3) is 0 Å². The highest BCUT2D eigenvalue weighted by Gasteiger charge is 2.34. The van der Waals surface area contributed by atoms with Gasteiger partial charge in [-0.2, -0.15) is 0 Å². The first-order valence-corrected chi connectivity index (χ1v) is 8.08. The van der Waals surface area contributed by atoms with Crippen LogP contribution in [-0.4, -0.2) is 36.6 Å². The first kappa shape index (κ1) is 14.3. The molecule has 0 bridgehead atoms. The van der Waals surface area contributed by atoms with Crippen LogP contribution in [0.3, 0.4) is 0 Å². The molecule has 2 atom stereocenters. The Morgan fingerprint density at radius 2 is 2.06 bits per heavy atom. The van der Waals surface area contributed by atoms with Gasteiger partial charge in [0.2, 0.25) is 0 Å². The predicted molar refractivity (Wildman–Crippen MR) is 78.9 cm³/mol. The maximum atomic E-state index is 3.71. The van der Waals surface area contributed by atoms with Gasteiger partial charge in [-0.15, -0.1) is 0 Å². The van der Waals surface area contributed by atoms with Gasteiger partial charge in [-0.05, 0) is 57.0 Å². The van der Waals surface area contributed by atoms with E-state index in [0.29, 0.717) is 5.41 Å². The molecular formula is C16H32N2. The molecule has 0 amide bonds. The lowest BCUT2D eigenvalue weighted by molar-refractivity contribution is 0.158. The van der Waals surface area contributed by atoms with Crippen LogP contribution in [0.1, 0.15) is 65.7 Å². The highest BCUT2D eigenvalue weighted by molar-refractivity contribution is 4.89. The molecule has 2 fully saturated rings. The Morgan fingerprint density at radius 1 is 1.22 bits per heavy atom. The van der Waals surface area contributed by atoms with E-state index in [0.717, 1.165) is 12.1 Å². The summed E-state index contributed by atoms with van der Waals surface area (Å²) in [5, 5.41) is 3.71.